The number of benzene rings is 1. The van der Waals surface area contributed by atoms with Gasteiger partial charge in [-0.1, -0.05) is 11.8 Å². The molecule has 0 aliphatic rings. The molecule has 1 N–H and O–H groups in total. The molecule has 0 radical (unpaired) electrons. The van der Waals surface area contributed by atoms with E-state index in [4.69, 9.17) is 11.2 Å². The van der Waals surface area contributed by atoms with E-state index in [0.717, 1.165) is 32.4 Å². The molecular weight excluding hydrogens is 352 g/mol. The van der Waals surface area contributed by atoms with Crippen molar-refractivity contribution in [3.05, 3.63) is 18.2 Å². The fourth-order valence-electron chi connectivity index (χ4n) is 2.10. The molecular formula is C19H24N2O2S2. The summed E-state index contributed by atoms with van der Waals surface area (Å²) < 4.78 is 7.56. The average Bonchev–Trinajstić information content (AvgIpc) is 2.97. The minimum atomic E-state index is -0.111. The number of rotatable bonds is 9. The SMILES string of the molecule is C#CCCCC(=O)Nc1ccc2nc(SCCC(C)(C)OC)sc2c1. The molecule has 1 aromatic carbocycles. The number of carbonyl (C=O) groups is 1. The van der Waals surface area contributed by atoms with Crippen molar-refractivity contribution in [1.82, 2.24) is 4.98 Å². The Morgan fingerprint density at radius 3 is 3.00 bits per heavy atom. The van der Waals surface area contributed by atoms with E-state index in [1.54, 1.807) is 30.2 Å². The summed E-state index contributed by atoms with van der Waals surface area (Å²) >= 11 is 3.39. The summed E-state index contributed by atoms with van der Waals surface area (Å²) in [5.74, 6) is 3.50. The topological polar surface area (TPSA) is 51.2 Å². The Morgan fingerprint density at radius 2 is 2.28 bits per heavy atom. The van der Waals surface area contributed by atoms with Crippen molar-refractivity contribution in [3.63, 3.8) is 0 Å². The first kappa shape index (κ1) is 19.8. The standard InChI is InChI=1S/C19H24N2O2S2/c1-5-6-7-8-17(22)20-14-9-10-15-16(13-14)25-18(21-15)24-12-11-19(2,3)23-4/h1,9-10,13H,6-8,11-12H2,2-4H3,(H,20,22). The lowest BCUT2D eigenvalue weighted by Crippen LogP contribution is -2.22. The number of terminal acetylenes is 1. The number of methoxy groups -OCH3 is 1. The molecule has 0 aliphatic heterocycles. The van der Waals surface area contributed by atoms with Crippen molar-refractivity contribution < 1.29 is 9.53 Å². The summed E-state index contributed by atoms with van der Waals surface area (Å²) in [4.78, 5) is 16.5. The van der Waals surface area contributed by atoms with Crippen LogP contribution in [0.2, 0.25) is 0 Å². The summed E-state index contributed by atoms with van der Waals surface area (Å²) in [6.07, 6.45) is 7.95. The van der Waals surface area contributed by atoms with Crippen LogP contribution in [0.5, 0.6) is 0 Å². The van der Waals surface area contributed by atoms with Crippen LogP contribution in [-0.2, 0) is 9.53 Å². The van der Waals surface area contributed by atoms with Crippen LogP contribution in [0.1, 0.15) is 39.5 Å². The van der Waals surface area contributed by atoms with Crippen molar-refractivity contribution in [2.45, 2.75) is 49.5 Å². The fraction of sp³-hybridized carbons (Fsp3) is 0.474. The number of nitrogens with one attached hydrogen (secondary N) is 1. The van der Waals surface area contributed by atoms with Gasteiger partial charge in [-0.05, 0) is 44.9 Å². The van der Waals surface area contributed by atoms with Gasteiger partial charge in [-0.25, -0.2) is 4.98 Å². The minimum Gasteiger partial charge on any atom is -0.379 e. The number of nitrogens with zero attached hydrogens (tertiary/aromatic N) is 1. The van der Waals surface area contributed by atoms with Crippen molar-refractivity contribution in [2.75, 3.05) is 18.2 Å². The van der Waals surface area contributed by atoms with Crippen LogP contribution in [0.25, 0.3) is 10.2 Å². The van der Waals surface area contributed by atoms with E-state index in [1.165, 1.54) is 0 Å². The maximum absolute atomic E-state index is 11.9. The monoisotopic (exact) mass is 376 g/mol. The fourth-order valence-corrected chi connectivity index (χ4v) is 4.53. The number of thiazole rings is 1. The number of ether oxygens (including phenoxy) is 1. The maximum Gasteiger partial charge on any atom is 0.224 e. The number of aromatic nitrogens is 1. The second-order valence-corrected chi connectivity index (χ2v) is 8.70. The summed E-state index contributed by atoms with van der Waals surface area (Å²) in [6.45, 7) is 4.18. The lowest BCUT2D eigenvalue weighted by atomic mass is 10.1. The molecule has 1 amide bonds. The van der Waals surface area contributed by atoms with E-state index >= 15 is 0 Å². The Morgan fingerprint density at radius 1 is 1.48 bits per heavy atom. The first-order valence-corrected chi connectivity index (χ1v) is 10.1. The second kappa shape index (κ2) is 9.23. The molecule has 25 heavy (non-hydrogen) atoms. The molecule has 134 valence electrons. The summed E-state index contributed by atoms with van der Waals surface area (Å²) in [5.41, 5.74) is 1.66. The molecule has 0 saturated carbocycles. The van der Waals surface area contributed by atoms with E-state index < -0.39 is 0 Å². The van der Waals surface area contributed by atoms with Gasteiger partial charge in [0.15, 0.2) is 4.34 Å². The molecule has 0 fully saturated rings. The van der Waals surface area contributed by atoms with Gasteiger partial charge in [0, 0.05) is 31.4 Å². The highest BCUT2D eigenvalue weighted by Crippen LogP contribution is 2.32. The van der Waals surface area contributed by atoms with Gasteiger partial charge < -0.3 is 10.1 Å². The molecule has 6 heteroatoms. The zero-order valence-electron chi connectivity index (χ0n) is 14.9. The van der Waals surface area contributed by atoms with Gasteiger partial charge in [-0.2, -0.15) is 0 Å². The predicted molar refractivity (Wildman–Crippen MR) is 107 cm³/mol. The molecule has 2 rings (SSSR count). The summed E-state index contributed by atoms with van der Waals surface area (Å²) in [5, 5.41) is 2.92. The number of unbranched alkanes of at least 4 members (excludes halogenated alkanes) is 1. The quantitative estimate of drug-likeness (QED) is 0.382. The van der Waals surface area contributed by atoms with E-state index in [0.29, 0.717) is 19.3 Å². The average molecular weight is 377 g/mol. The highest BCUT2D eigenvalue weighted by molar-refractivity contribution is 8.01. The molecule has 0 spiro atoms. The molecule has 0 saturated heterocycles. The number of amides is 1. The van der Waals surface area contributed by atoms with E-state index in [2.05, 4.69) is 30.1 Å². The van der Waals surface area contributed by atoms with E-state index in [9.17, 15) is 4.79 Å². The molecule has 1 heterocycles. The predicted octanol–water partition coefficient (Wildman–Crippen LogP) is 4.95. The van der Waals surface area contributed by atoms with Crippen LogP contribution in [0, 0.1) is 12.3 Å². The number of hydrogen-bond donors (Lipinski definition) is 1. The minimum absolute atomic E-state index is 0.00416. The lowest BCUT2D eigenvalue weighted by molar-refractivity contribution is -0.116. The smallest absolute Gasteiger partial charge is 0.224 e. The molecule has 0 unspecified atom stereocenters. The Balaban J connectivity index is 1.94. The molecule has 0 aliphatic carbocycles. The zero-order chi connectivity index (χ0) is 18.3. The van der Waals surface area contributed by atoms with Crippen LogP contribution in [-0.4, -0.2) is 29.4 Å². The lowest BCUT2D eigenvalue weighted by Gasteiger charge is -2.21. The van der Waals surface area contributed by atoms with E-state index in [1.807, 2.05) is 18.2 Å². The first-order valence-electron chi connectivity index (χ1n) is 8.25. The largest absolute Gasteiger partial charge is 0.379 e. The van der Waals surface area contributed by atoms with Gasteiger partial charge in [-0.3, -0.25) is 4.79 Å². The molecule has 0 atom stereocenters. The van der Waals surface area contributed by atoms with Gasteiger partial charge in [0.1, 0.15) is 0 Å². The summed E-state index contributed by atoms with van der Waals surface area (Å²) in [7, 11) is 1.74. The van der Waals surface area contributed by atoms with Gasteiger partial charge >= 0.3 is 0 Å². The van der Waals surface area contributed by atoms with E-state index in [-0.39, 0.29) is 11.5 Å². The van der Waals surface area contributed by atoms with Crippen molar-refractivity contribution in [1.29, 1.82) is 0 Å². The third kappa shape index (κ3) is 6.35. The number of carbonyl (C=O) groups excluding carboxylic acids is 1. The van der Waals surface area contributed by atoms with Gasteiger partial charge in [0.25, 0.3) is 0 Å². The van der Waals surface area contributed by atoms with Crippen molar-refractivity contribution >= 4 is 44.9 Å². The number of fused-ring (bicyclic) bond motifs is 1. The number of anilines is 1. The van der Waals surface area contributed by atoms with Crippen LogP contribution >= 0.6 is 23.1 Å². The van der Waals surface area contributed by atoms with Gasteiger partial charge in [-0.15, -0.1) is 23.7 Å². The molecule has 2 aromatic rings. The second-order valence-electron chi connectivity index (χ2n) is 6.33. The number of hydrogen-bond acceptors (Lipinski definition) is 5. The highest BCUT2D eigenvalue weighted by atomic mass is 32.2. The Kier molecular flexibility index (Phi) is 7.30. The van der Waals surface area contributed by atoms with Crippen LogP contribution < -0.4 is 5.32 Å². The third-order valence-electron chi connectivity index (χ3n) is 3.86. The number of thioether (sulfide) groups is 1. The zero-order valence-corrected chi connectivity index (χ0v) is 16.6. The first-order chi connectivity index (χ1) is 11.9. The van der Waals surface area contributed by atoms with Crippen molar-refractivity contribution in [2.24, 2.45) is 0 Å². The van der Waals surface area contributed by atoms with Gasteiger partial charge in [0.2, 0.25) is 5.91 Å². The van der Waals surface area contributed by atoms with Crippen LogP contribution in [0.4, 0.5) is 5.69 Å². The molecule has 1 aromatic heterocycles. The normalized spacial score (nSPS) is 11.4. The third-order valence-corrected chi connectivity index (χ3v) is 6.02. The highest BCUT2D eigenvalue weighted by Gasteiger charge is 2.16. The molecule has 0 bridgehead atoms. The van der Waals surface area contributed by atoms with Crippen molar-refractivity contribution in [3.8, 4) is 12.3 Å². The Hall–Kier alpha value is -1.55. The Bertz CT molecular complexity index is 762. The van der Waals surface area contributed by atoms with Crippen LogP contribution in [0.3, 0.4) is 0 Å². The summed E-state index contributed by atoms with van der Waals surface area (Å²) in [6, 6.07) is 5.82. The maximum atomic E-state index is 11.9. The van der Waals surface area contributed by atoms with Gasteiger partial charge in [0.05, 0.1) is 15.8 Å². The molecule has 4 nitrogen and oxygen atoms in total. The van der Waals surface area contributed by atoms with Crippen LogP contribution in [0.15, 0.2) is 22.5 Å². The Labute approximate surface area is 157 Å².